The molecule has 6 heteroatoms. The fraction of sp³-hybridized carbons (Fsp3) is 0.143. The number of hydrogen-bond acceptors (Lipinski definition) is 4. The quantitative estimate of drug-likeness (QED) is 0.638. The van der Waals surface area contributed by atoms with E-state index in [0.29, 0.717) is 11.6 Å². The minimum Gasteiger partial charge on any atom is -0.364 e. The van der Waals surface area contributed by atoms with Gasteiger partial charge in [-0.1, -0.05) is 0 Å². The summed E-state index contributed by atoms with van der Waals surface area (Å²) >= 11 is 0. The third kappa shape index (κ3) is 1.12. The molecule has 0 radical (unpaired) electrons. The molecule has 0 saturated heterocycles. The van der Waals surface area contributed by atoms with Gasteiger partial charge in [0.1, 0.15) is 11.5 Å². The van der Waals surface area contributed by atoms with E-state index in [1.807, 2.05) is 0 Å². The van der Waals surface area contributed by atoms with Gasteiger partial charge in [0, 0.05) is 6.20 Å². The van der Waals surface area contributed by atoms with Gasteiger partial charge in [-0.25, -0.2) is 4.98 Å². The first-order valence-electron chi connectivity index (χ1n) is 3.66. The predicted octanol–water partition coefficient (Wildman–Crippen LogP) is -0.468. The van der Waals surface area contributed by atoms with Crippen molar-refractivity contribution in [3.63, 3.8) is 0 Å². The summed E-state index contributed by atoms with van der Waals surface area (Å²) in [7, 11) is 0. The molecule has 0 aromatic carbocycles. The van der Waals surface area contributed by atoms with Crippen molar-refractivity contribution in [3.05, 3.63) is 23.8 Å². The number of primary amides is 1. The molecule has 1 amide bonds. The molecule has 13 heavy (non-hydrogen) atoms. The third-order valence-corrected chi connectivity index (χ3v) is 1.60. The van der Waals surface area contributed by atoms with Gasteiger partial charge in [-0.15, -0.1) is 5.10 Å². The number of amides is 1. The first-order valence-corrected chi connectivity index (χ1v) is 3.66. The normalized spacial score (nSPS) is 10.5. The molecular weight excluding hydrogens is 170 g/mol. The molecule has 66 valence electrons. The number of carbonyl (C=O) groups excluding carboxylic acids is 1. The molecule has 2 aromatic heterocycles. The summed E-state index contributed by atoms with van der Waals surface area (Å²) in [4.78, 5) is 18.8. The smallest absolute Gasteiger partial charge is 0.267 e. The molecule has 0 bridgehead atoms. The molecule has 0 atom stereocenters. The van der Waals surface area contributed by atoms with E-state index in [-0.39, 0.29) is 5.69 Å². The lowest BCUT2D eigenvalue weighted by atomic mass is 10.4. The highest BCUT2D eigenvalue weighted by Crippen LogP contribution is 2.01. The maximum atomic E-state index is 10.9. The van der Waals surface area contributed by atoms with Crippen LogP contribution in [0.15, 0.2) is 12.3 Å². The van der Waals surface area contributed by atoms with E-state index in [9.17, 15) is 4.79 Å². The molecule has 2 N–H and O–H groups in total. The van der Waals surface area contributed by atoms with E-state index in [4.69, 9.17) is 5.73 Å². The van der Waals surface area contributed by atoms with Crippen LogP contribution in [0.4, 0.5) is 0 Å². The van der Waals surface area contributed by atoms with Gasteiger partial charge in [0.15, 0.2) is 0 Å². The van der Waals surface area contributed by atoms with Crippen LogP contribution in [0.2, 0.25) is 0 Å². The molecule has 0 aliphatic rings. The molecule has 0 fully saturated rings. The number of nitrogens with two attached hydrogens (primary N) is 1. The second kappa shape index (κ2) is 2.51. The Balaban J connectivity index is 2.82. The predicted molar refractivity (Wildman–Crippen MR) is 44.0 cm³/mol. The number of fused-ring (bicyclic) bond motifs is 1. The average Bonchev–Trinajstić information content (AvgIpc) is 2.43. The van der Waals surface area contributed by atoms with Crippen LogP contribution in [0, 0.1) is 6.92 Å². The second-order valence-corrected chi connectivity index (χ2v) is 2.57. The minimum atomic E-state index is -0.544. The summed E-state index contributed by atoms with van der Waals surface area (Å²) in [5.74, 6) is 0.396. The van der Waals surface area contributed by atoms with E-state index < -0.39 is 5.91 Å². The van der Waals surface area contributed by atoms with Crippen LogP contribution in [-0.4, -0.2) is 25.5 Å². The van der Waals surface area contributed by atoms with Gasteiger partial charge in [0.05, 0.1) is 0 Å². The molecule has 0 spiro atoms. The highest BCUT2D eigenvalue weighted by Gasteiger charge is 2.08. The first-order chi connectivity index (χ1) is 6.18. The summed E-state index contributed by atoms with van der Waals surface area (Å²) in [6.07, 6.45) is 1.48. The zero-order chi connectivity index (χ0) is 9.42. The minimum absolute atomic E-state index is 0.283. The van der Waals surface area contributed by atoms with Gasteiger partial charge in [-0.05, 0) is 13.0 Å². The Hall–Kier alpha value is -1.98. The maximum absolute atomic E-state index is 10.9. The Bertz CT molecular complexity index is 475. The summed E-state index contributed by atoms with van der Waals surface area (Å²) in [5.41, 5.74) is 5.42. The van der Waals surface area contributed by atoms with Crippen LogP contribution in [0.3, 0.4) is 0 Å². The van der Waals surface area contributed by atoms with Gasteiger partial charge < -0.3 is 5.73 Å². The van der Waals surface area contributed by atoms with Gasteiger partial charge >= 0.3 is 0 Å². The zero-order valence-corrected chi connectivity index (χ0v) is 6.93. The fourth-order valence-electron chi connectivity index (χ4n) is 1.08. The fourth-order valence-corrected chi connectivity index (χ4v) is 1.08. The Labute approximate surface area is 73.4 Å². The van der Waals surface area contributed by atoms with Crippen molar-refractivity contribution in [2.24, 2.45) is 5.73 Å². The molecule has 0 aliphatic heterocycles. The Morgan fingerprint density at radius 1 is 1.62 bits per heavy atom. The van der Waals surface area contributed by atoms with Crippen molar-refractivity contribution in [2.45, 2.75) is 6.92 Å². The molecule has 0 saturated carbocycles. The van der Waals surface area contributed by atoms with E-state index >= 15 is 0 Å². The number of aromatic nitrogens is 4. The number of rotatable bonds is 1. The van der Waals surface area contributed by atoms with Gasteiger partial charge in [-0.2, -0.15) is 9.50 Å². The Morgan fingerprint density at radius 3 is 3.08 bits per heavy atom. The van der Waals surface area contributed by atoms with Crippen LogP contribution in [0.1, 0.15) is 16.3 Å². The topological polar surface area (TPSA) is 86.2 Å². The third-order valence-electron chi connectivity index (χ3n) is 1.60. The van der Waals surface area contributed by atoms with Crippen molar-refractivity contribution in [3.8, 4) is 0 Å². The number of nitrogens with zero attached hydrogens (tertiary/aromatic N) is 4. The monoisotopic (exact) mass is 177 g/mol. The lowest BCUT2D eigenvalue weighted by Gasteiger charge is -1.96. The van der Waals surface area contributed by atoms with E-state index in [2.05, 4.69) is 15.1 Å². The largest absolute Gasteiger partial charge is 0.364 e. The number of carbonyl (C=O) groups is 1. The van der Waals surface area contributed by atoms with Gasteiger partial charge in [-0.3, -0.25) is 4.79 Å². The van der Waals surface area contributed by atoms with Gasteiger partial charge in [0.2, 0.25) is 0 Å². The summed E-state index contributed by atoms with van der Waals surface area (Å²) in [6, 6.07) is 1.50. The van der Waals surface area contributed by atoms with Crippen LogP contribution in [0.25, 0.3) is 5.78 Å². The first kappa shape index (κ1) is 7.66. The van der Waals surface area contributed by atoms with Crippen LogP contribution >= 0.6 is 0 Å². The van der Waals surface area contributed by atoms with Crippen molar-refractivity contribution in [2.75, 3.05) is 0 Å². The molecule has 2 heterocycles. The average molecular weight is 177 g/mol. The van der Waals surface area contributed by atoms with Crippen molar-refractivity contribution in [1.82, 2.24) is 19.6 Å². The molecule has 0 unspecified atom stereocenters. The van der Waals surface area contributed by atoms with Crippen LogP contribution in [-0.2, 0) is 0 Å². The Kier molecular flexibility index (Phi) is 1.48. The van der Waals surface area contributed by atoms with Crippen LogP contribution in [0.5, 0.6) is 0 Å². The van der Waals surface area contributed by atoms with E-state index in [0.717, 1.165) is 0 Å². The summed E-state index contributed by atoms with van der Waals surface area (Å²) in [5, 5.41) is 3.98. The Morgan fingerprint density at radius 2 is 2.38 bits per heavy atom. The van der Waals surface area contributed by atoms with Crippen molar-refractivity contribution >= 4 is 11.7 Å². The van der Waals surface area contributed by atoms with Gasteiger partial charge in [0.25, 0.3) is 11.7 Å². The SMILES string of the molecule is Cc1nc2nccc(C(N)=O)n2n1. The molecule has 0 aliphatic carbocycles. The lowest BCUT2D eigenvalue weighted by molar-refractivity contribution is 0.0993. The van der Waals surface area contributed by atoms with E-state index in [1.54, 1.807) is 6.92 Å². The van der Waals surface area contributed by atoms with Crippen molar-refractivity contribution in [1.29, 1.82) is 0 Å². The van der Waals surface area contributed by atoms with E-state index in [1.165, 1.54) is 16.8 Å². The molecule has 6 nitrogen and oxygen atoms in total. The maximum Gasteiger partial charge on any atom is 0.267 e. The number of hydrogen-bond donors (Lipinski definition) is 1. The summed E-state index contributed by atoms with van der Waals surface area (Å²) < 4.78 is 1.33. The number of aryl methyl sites for hydroxylation is 1. The standard InChI is InChI=1S/C7H7N5O/c1-4-10-7-9-3-2-5(6(8)13)12(7)11-4/h2-3H,1H3,(H2,8,13). The summed E-state index contributed by atoms with van der Waals surface area (Å²) in [6.45, 7) is 1.72. The highest BCUT2D eigenvalue weighted by molar-refractivity contribution is 5.91. The highest BCUT2D eigenvalue weighted by atomic mass is 16.1. The van der Waals surface area contributed by atoms with Crippen molar-refractivity contribution < 1.29 is 4.79 Å². The molecule has 2 rings (SSSR count). The second-order valence-electron chi connectivity index (χ2n) is 2.57. The van der Waals surface area contributed by atoms with Crippen LogP contribution < -0.4 is 5.73 Å². The molecule has 2 aromatic rings. The molecular formula is C7H7N5O. The lowest BCUT2D eigenvalue weighted by Crippen LogP contribution is -2.16. The zero-order valence-electron chi connectivity index (χ0n) is 6.93.